The van der Waals surface area contributed by atoms with Crippen molar-refractivity contribution in [1.82, 2.24) is 4.90 Å². The van der Waals surface area contributed by atoms with Crippen LogP contribution in [0, 0.1) is 17.8 Å². The molecule has 1 rings (SSSR count). The Balaban J connectivity index is 2.07. The molecule has 0 aliphatic carbocycles. The number of nitrogens with two attached hydrogens (primary N) is 1. The molecule has 3 nitrogen and oxygen atoms in total. The van der Waals surface area contributed by atoms with Crippen molar-refractivity contribution in [2.75, 3.05) is 39.4 Å². The van der Waals surface area contributed by atoms with E-state index in [9.17, 15) is 0 Å². The van der Waals surface area contributed by atoms with E-state index in [4.69, 9.17) is 10.5 Å². The van der Waals surface area contributed by atoms with Gasteiger partial charge in [-0.2, -0.15) is 0 Å². The maximum atomic E-state index is 5.81. The van der Waals surface area contributed by atoms with Gasteiger partial charge in [0.1, 0.15) is 0 Å². The molecule has 0 aromatic rings. The summed E-state index contributed by atoms with van der Waals surface area (Å²) in [5.41, 5.74) is 5.81. The molecule has 0 spiro atoms. The third-order valence-corrected chi connectivity index (χ3v) is 3.89. The summed E-state index contributed by atoms with van der Waals surface area (Å²) in [4.78, 5) is 2.51. The van der Waals surface area contributed by atoms with E-state index in [-0.39, 0.29) is 0 Å². The highest BCUT2D eigenvalue weighted by Gasteiger charge is 2.24. The SMILES string of the molecule is CC(C)CCOCCN1CCC(C)C(CN)C1. The van der Waals surface area contributed by atoms with Crippen LogP contribution >= 0.6 is 0 Å². The summed E-state index contributed by atoms with van der Waals surface area (Å²) in [6.45, 7) is 12.8. The summed E-state index contributed by atoms with van der Waals surface area (Å²) in [7, 11) is 0. The molecule has 1 saturated heterocycles. The molecular weight excluding hydrogens is 212 g/mol. The Hall–Kier alpha value is -0.120. The molecule has 2 atom stereocenters. The van der Waals surface area contributed by atoms with Gasteiger partial charge in [0.2, 0.25) is 0 Å². The lowest BCUT2D eigenvalue weighted by atomic mass is 9.87. The molecule has 0 amide bonds. The fourth-order valence-electron chi connectivity index (χ4n) is 2.35. The van der Waals surface area contributed by atoms with Gasteiger partial charge < -0.3 is 15.4 Å². The predicted octanol–water partition coefficient (Wildman–Crippen LogP) is 1.97. The zero-order chi connectivity index (χ0) is 12.7. The predicted molar refractivity (Wildman–Crippen MR) is 73.0 cm³/mol. The molecule has 2 unspecified atom stereocenters. The molecule has 1 fully saturated rings. The molecule has 3 heteroatoms. The summed E-state index contributed by atoms with van der Waals surface area (Å²) < 4.78 is 5.67. The fourth-order valence-corrected chi connectivity index (χ4v) is 2.35. The van der Waals surface area contributed by atoms with E-state index in [0.29, 0.717) is 5.92 Å². The molecule has 17 heavy (non-hydrogen) atoms. The molecule has 0 bridgehead atoms. The van der Waals surface area contributed by atoms with E-state index in [2.05, 4.69) is 25.7 Å². The van der Waals surface area contributed by atoms with E-state index in [1.54, 1.807) is 0 Å². The third kappa shape index (κ3) is 5.84. The first-order valence-electron chi connectivity index (χ1n) is 7.13. The Morgan fingerprint density at radius 1 is 1.35 bits per heavy atom. The van der Waals surface area contributed by atoms with Crippen LogP contribution in [0.15, 0.2) is 0 Å². The van der Waals surface area contributed by atoms with Gasteiger partial charge in [-0.15, -0.1) is 0 Å². The molecule has 1 heterocycles. The standard InChI is InChI=1S/C14H30N2O/c1-12(2)5-8-17-9-7-16-6-4-13(3)14(10-15)11-16/h12-14H,4-11,15H2,1-3H3. The second kappa shape index (κ2) is 8.06. The van der Waals surface area contributed by atoms with Crippen LogP contribution < -0.4 is 5.73 Å². The number of nitrogens with zero attached hydrogens (tertiary/aromatic N) is 1. The Morgan fingerprint density at radius 2 is 2.12 bits per heavy atom. The largest absolute Gasteiger partial charge is 0.380 e. The third-order valence-electron chi connectivity index (χ3n) is 3.89. The first-order chi connectivity index (χ1) is 8.13. The molecule has 0 saturated carbocycles. The number of ether oxygens (including phenoxy) is 1. The minimum atomic E-state index is 0.680. The molecule has 1 aliphatic rings. The molecular formula is C14H30N2O. The quantitative estimate of drug-likeness (QED) is 0.694. The van der Waals surface area contributed by atoms with Crippen LogP contribution in [0.2, 0.25) is 0 Å². The maximum absolute atomic E-state index is 5.81. The van der Waals surface area contributed by atoms with Gasteiger partial charge >= 0.3 is 0 Å². The van der Waals surface area contributed by atoms with Crippen molar-refractivity contribution in [2.45, 2.75) is 33.6 Å². The minimum Gasteiger partial charge on any atom is -0.380 e. The van der Waals surface area contributed by atoms with Crippen LogP contribution in [0.4, 0.5) is 0 Å². The zero-order valence-electron chi connectivity index (χ0n) is 11.8. The number of rotatable bonds is 7. The summed E-state index contributed by atoms with van der Waals surface area (Å²) in [5.74, 6) is 2.21. The molecule has 0 aromatic carbocycles. The van der Waals surface area contributed by atoms with Crippen LogP contribution in [-0.4, -0.2) is 44.3 Å². The van der Waals surface area contributed by atoms with E-state index in [1.165, 1.54) is 19.4 Å². The lowest BCUT2D eigenvalue weighted by molar-refractivity contribution is 0.0678. The van der Waals surface area contributed by atoms with E-state index >= 15 is 0 Å². The number of piperidine rings is 1. The van der Waals surface area contributed by atoms with Gasteiger partial charge in [-0.25, -0.2) is 0 Å². The average Bonchev–Trinajstić information content (AvgIpc) is 2.30. The first kappa shape index (κ1) is 14.9. The fraction of sp³-hybridized carbons (Fsp3) is 1.00. The average molecular weight is 242 g/mol. The Kier molecular flexibility index (Phi) is 7.09. The molecule has 0 aromatic heterocycles. The number of hydrogen-bond acceptors (Lipinski definition) is 3. The number of hydrogen-bond donors (Lipinski definition) is 1. The lowest BCUT2D eigenvalue weighted by Crippen LogP contribution is -2.43. The second-order valence-corrected chi connectivity index (χ2v) is 5.86. The first-order valence-corrected chi connectivity index (χ1v) is 7.13. The van der Waals surface area contributed by atoms with Crippen molar-refractivity contribution >= 4 is 0 Å². The summed E-state index contributed by atoms with van der Waals surface area (Å²) in [6, 6.07) is 0. The van der Waals surface area contributed by atoms with Gasteiger partial charge in [0.25, 0.3) is 0 Å². The minimum absolute atomic E-state index is 0.680. The van der Waals surface area contributed by atoms with Gasteiger partial charge in [0, 0.05) is 19.7 Å². The highest BCUT2D eigenvalue weighted by molar-refractivity contribution is 4.78. The monoisotopic (exact) mass is 242 g/mol. The van der Waals surface area contributed by atoms with Gasteiger partial charge in [0.05, 0.1) is 6.61 Å². The lowest BCUT2D eigenvalue weighted by Gasteiger charge is -2.36. The van der Waals surface area contributed by atoms with Gasteiger partial charge in [-0.05, 0) is 43.7 Å². The molecule has 0 radical (unpaired) electrons. The van der Waals surface area contributed by atoms with Crippen molar-refractivity contribution in [2.24, 2.45) is 23.5 Å². The zero-order valence-corrected chi connectivity index (χ0v) is 11.8. The summed E-state index contributed by atoms with van der Waals surface area (Å²) in [6.07, 6.45) is 2.45. The van der Waals surface area contributed by atoms with E-state index < -0.39 is 0 Å². The molecule has 102 valence electrons. The maximum Gasteiger partial charge on any atom is 0.0593 e. The van der Waals surface area contributed by atoms with Crippen LogP contribution in [0.1, 0.15) is 33.6 Å². The smallest absolute Gasteiger partial charge is 0.0593 e. The highest BCUT2D eigenvalue weighted by Crippen LogP contribution is 2.21. The summed E-state index contributed by atoms with van der Waals surface area (Å²) in [5, 5.41) is 0. The van der Waals surface area contributed by atoms with Crippen LogP contribution in [0.3, 0.4) is 0 Å². The van der Waals surface area contributed by atoms with Crippen molar-refractivity contribution < 1.29 is 4.74 Å². The molecule has 2 N–H and O–H groups in total. The van der Waals surface area contributed by atoms with Crippen LogP contribution in [0.25, 0.3) is 0 Å². The van der Waals surface area contributed by atoms with E-state index in [0.717, 1.165) is 44.7 Å². The van der Waals surface area contributed by atoms with Gasteiger partial charge in [-0.3, -0.25) is 0 Å². The Bertz CT molecular complexity index is 197. The van der Waals surface area contributed by atoms with Crippen LogP contribution in [0.5, 0.6) is 0 Å². The Labute approximate surface area is 107 Å². The van der Waals surface area contributed by atoms with Crippen LogP contribution in [-0.2, 0) is 4.74 Å². The normalized spacial score (nSPS) is 26.6. The van der Waals surface area contributed by atoms with Crippen molar-refractivity contribution in [3.63, 3.8) is 0 Å². The Morgan fingerprint density at radius 3 is 2.76 bits per heavy atom. The van der Waals surface area contributed by atoms with Gasteiger partial charge in [0.15, 0.2) is 0 Å². The molecule has 1 aliphatic heterocycles. The van der Waals surface area contributed by atoms with Gasteiger partial charge in [-0.1, -0.05) is 20.8 Å². The topological polar surface area (TPSA) is 38.5 Å². The summed E-state index contributed by atoms with van der Waals surface area (Å²) >= 11 is 0. The highest BCUT2D eigenvalue weighted by atomic mass is 16.5. The van der Waals surface area contributed by atoms with Crippen molar-refractivity contribution in [1.29, 1.82) is 0 Å². The van der Waals surface area contributed by atoms with Crippen molar-refractivity contribution in [3.05, 3.63) is 0 Å². The number of likely N-dealkylation sites (tertiary alicyclic amines) is 1. The second-order valence-electron chi connectivity index (χ2n) is 5.86. The van der Waals surface area contributed by atoms with E-state index in [1.807, 2.05) is 0 Å². The van der Waals surface area contributed by atoms with Crippen molar-refractivity contribution in [3.8, 4) is 0 Å².